The summed E-state index contributed by atoms with van der Waals surface area (Å²) in [5.41, 5.74) is 5.50. The number of hydrogen-bond donors (Lipinski definition) is 1. The fourth-order valence-corrected chi connectivity index (χ4v) is 5.42. The summed E-state index contributed by atoms with van der Waals surface area (Å²) >= 11 is 12.4. The van der Waals surface area contributed by atoms with Crippen LogP contribution in [-0.2, 0) is 13.0 Å². The zero-order valence-electron chi connectivity index (χ0n) is 20.0. The third-order valence-corrected chi connectivity index (χ3v) is 7.23. The summed E-state index contributed by atoms with van der Waals surface area (Å²) in [5, 5.41) is 9.67. The molecule has 9 heteroatoms. The number of benzene rings is 1. The number of aromatic carboxylic acids is 1. The van der Waals surface area contributed by atoms with Gasteiger partial charge in [-0.2, -0.15) is 0 Å². The van der Waals surface area contributed by atoms with Gasteiger partial charge >= 0.3 is 5.97 Å². The van der Waals surface area contributed by atoms with Crippen LogP contribution in [0, 0.1) is 13.8 Å². The number of carboxylic acids is 1. The Labute approximate surface area is 218 Å². The largest absolute Gasteiger partial charge is 0.478 e. The third kappa shape index (κ3) is 4.02. The number of hydrogen-bond acceptors (Lipinski definition) is 4. The van der Waals surface area contributed by atoms with Gasteiger partial charge in [0.25, 0.3) is 5.91 Å². The van der Waals surface area contributed by atoms with Gasteiger partial charge in [-0.05, 0) is 48.8 Å². The summed E-state index contributed by atoms with van der Waals surface area (Å²) in [4.78, 5) is 36.4. The van der Waals surface area contributed by atoms with Crippen molar-refractivity contribution < 1.29 is 14.7 Å². The molecule has 3 heterocycles. The summed E-state index contributed by atoms with van der Waals surface area (Å²) < 4.78 is 2.15. The second kappa shape index (κ2) is 9.22. The lowest BCUT2D eigenvalue weighted by atomic mass is 9.97. The minimum atomic E-state index is -1.29. The monoisotopic (exact) mass is 522 g/mol. The van der Waals surface area contributed by atoms with E-state index in [4.69, 9.17) is 33.2 Å². The number of allylic oxidation sites excluding steroid dienone is 2. The summed E-state index contributed by atoms with van der Waals surface area (Å²) in [6.07, 6.45) is 8.79. The van der Waals surface area contributed by atoms with Crippen LogP contribution in [0.1, 0.15) is 44.7 Å². The van der Waals surface area contributed by atoms with Crippen LogP contribution in [0.25, 0.3) is 11.2 Å². The maximum atomic E-state index is 13.4. The highest BCUT2D eigenvalue weighted by Crippen LogP contribution is 2.33. The number of fused-ring (bicyclic) bond motifs is 2. The van der Waals surface area contributed by atoms with E-state index in [-0.39, 0.29) is 27.2 Å². The van der Waals surface area contributed by atoms with Gasteiger partial charge in [-0.25, -0.2) is 14.8 Å². The van der Waals surface area contributed by atoms with Gasteiger partial charge in [0.15, 0.2) is 5.65 Å². The molecule has 0 saturated carbocycles. The molecule has 2 aromatic heterocycles. The molecule has 1 aromatic carbocycles. The van der Waals surface area contributed by atoms with E-state index in [9.17, 15) is 14.7 Å². The molecule has 0 bridgehead atoms. The van der Waals surface area contributed by atoms with Crippen LogP contribution in [0.15, 0.2) is 53.6 Å². The topological polar surface area (TPSA) is 88.3 Å². The standard InChI is InChI=1S/C27H24Cl2N4O3/c1-4-21-31-24-14(2)11-15(3)30-25(24)33(21)13-16-5-8-20-17(12-16)9-10-32(20)26(34)22-18(28)6-7-19(29)23(22)27(35)36/h5-9,11-12,20H,4,10,13H2,1-3H3,(H,35,36). The zero-order chi connectivity index (χ0) is 25.7. The average Bonchev–Trinajstić information content (AvgIpc) is 3.41. The molecule has 184 valence electrons. The Balaban J connectivity index is 1.44. The molecule has 7 nitrogen and oxygen atoms in total. The second-order valence-corrected chi connectivity index (χ2v) is 9.80. The lowest BCUT2D eigenvalue weighted by Gasteiger charge is -2.27. The number of amides is 1. The van der Waals surface area contributed by atoms with E-state index in [1.54, 1.807) is 4.90 Å². The van der Waals surface area contributed by atoms with Crippen molar-refractivity contribution in [1.29, 1.82) is 0 Å². The van der Waals surface area contributed by atoms with E-state index in [1.807, 2.05) is 31.2 Å². The first-order valence-corrected chi connectivity index (χ1v) is 12.4. The van der Waals surface area contributed by atoms with E-state index in [0.29, 0.717) is 13.1 Å². The average molecular weight is 523 g/mol. The Morgan fingerprint density at radius 1 is 1.14 bits per heavy atom. The van der Waals surface area contributed by atoms with E-state index >= 15 is 0 Å². The Hall–Kier alpha value is -3.42. The molecule has 36 heavy (non-hydrogen) atoms. The molecular formula is C27H24Cl2N4O3. The van der Waals surface area contributed by atoms with Crippen molar-refractivity contribution in [3.63, 3.8) is 0 Å². The van der Waals surface area contributed by atoms with Crippen LogP contribution in [0.2, 0.25) is 10.0 Å². The van der Waals surface area contributed by atoms with Crippen LogP contribution < -0.4 is 0 Å². The first-order valence-electron chi connectivity index (χ1n) is 11.6. The molecule has 2 aliphatic rings. The minimum absolute atomic E-state index is 0.0256. The predicted octanol–water partition coefficient (Wildman–Crippen LogP) is 5.56. The Morgan fingerprint density at radius 2 is 1.86 bits per heavy atom. The third-order valence-electron chi connectivity index (χ3n) is 6.60. The Bertz CT molecular complexity index is 1530. The fraction of sp³-hybridized carbons (Fsp3) is 0.259. The molecule has 1 amide bonds. The van der Waals surface area contributed by atoms with Gasteiger partial charge in [-0.3, -0.25) is 4.79 Å². The number of carbonyl (C=O) groups is 2. The van der Waals surface area contributed by atoms with Crippen LogP contribution in [-0.4, -0.2) is 49.0 Å². The number of halogens is 2. The van der Waals surface area contributed by atoms with Crippen LogP contribution in [0.3, 0.4) is 0 Å². The number of carboxylic acid groups (broad SMARTS) is 1. The lowest BCUT2D eigenvalue weighted by Crippen LogP contribution is -2.37. The van der Waals surface area contributed by atoms with E-state index < -0.39 is 11.9 Å². The summed E-state index contributed by atoms with van der Waals surface area (Å²) in [6.45, 7) is 7.05. The van der Waals surface area contributed by atoms with E-state index in [1.165, 1.54) is 12.1 Å². The molecule has 1 aliphatic carbocycles. The van der Waals surface area contributed by atoms with Gasteiger partial charge in [0.2, 0.25) is 0 Å². The van der Waals surface area contributed by atoms with Crippen molar-refractivity contribution in [2.45, 2.75) is 39.8 Å². The van der Waals surface area contributed by atoms with Crippen molar-refractivity contribution >= 4 is 46.2 Å². The lowest BCUT2D eigenvalue weighted by molar-refractivity contribution is 0.0677. The quantitative estimate of drug-likeness (QED) is 0.473. The highest BCUT2D eigenvalue weighted by atomic mass is 35.5. The maximum Gasteiger partial charge on any atom is 0.338 e. The molecule has 5 rings (SSSR count). The molecule has 3 aromatic rings. The smallest absolute Gasteiger partial charge is 0.338 e. The van der Waals surface area contributed by atoms with Crippen LogP contribution in [0.5, 0.6) is 0 Å². The Kier molecular flexibility index (Phi) is 6.22. The first-order chi connectivity index (χ1) is 17.2. The van der Waals surface area contributed by atoms with Gasteiger partial charge in [0.1, 0.15) is 11.3 Å². The molecule has 1 N–H and O–H groups in total. The summed E-state index contributed by atoms with van der Waals surface area (Å²) in [5.74, 6) is -0.795. The number of nitrogens with zero attached hydrogens (tertiary/aromatic N) is 4. The molecule has 0 spiro atoms. The molecule has 1 aliphatic heterocycles. The predicted molar refractivity (Wildman–Crippen MR) is 140 cm³/mol. The number of imidazole rings is 1. The number of carbonyl (C=O) groups excluding carboxylic acids is 1. The van der Waals surface area contributed by atoms with E-state index in [2.05, 4.69) is 24.5 Å². The van der Waals surface area contributed by atoms with Crippen LogP contribution >= 0.6 is 23.2 Å². The molecule has 1 atom stereocenters. The maximum absolute atomic E-state index is 13.4. The highest BCUT2D eigenvalue weighted by molar-refractivity contribution is 6.38. The molecule has 1 unspecified atom stereocenters. The normalized spacial score (nSPS) is 16.8. The highest BCUT2D eigenvalue weighted by Gasteiger charge is 2.34. The van der Waals surface area contributed by atoms with Gasteiger partial charge in [0, 0.05) is 18.7 Å². The summed E-state index contributed by atoms with van der Waals surface area (Å²) in [6, 6.07) is 4.56. The summed E-state index contributed by atoms with van der Waals surface area (Å²) in [7, 11) is 0. The van der Waals surface area contributed by atoms with Crippen molar-refractivity contribution in [2.24, 2.45) is 0 Å². The van der Waals surface area contributed by atoms with Gasteiger partial charge in [0.05, 0.1) is 33.8 Å². The van der Waals surface area contributed by atoms with Crippen molar-refractivity contribution in [2.75, 3.05) is 6.54 Å². The number of rotatable bonds is 5. The first kappa shape index (κ1) is 24.3. The number of aromatic nitrogens is 3. The van der Waals surface area contributed by atoms with Crippen molar-refractivity contribution in [3.05, 3.63) is 91.9 Å². The molecular weight excluding hydrogens is 499 g/mol. The fourth-order valence-electron chi connectivity index (χ4n) is 4.94. The van der Waals surface area contributed by atoms with Gasteiger partial charge in [-0.15, -0.1) is 0 Å². The number of aryl methyl sites for hydroxylation is 3. The van der Waals surface area contributed by atoms with Gasteiger partial charge < -0.3 is 14.6 Å². The Morgan fingerprint density at radius 3 is 2.56 bits per heavy atom. The second-order valence-electron chi connectivity index (χ2n) is 8.99. The number of pyridine rings is 1. The zero-order valence-corrected chi connectivity index (χ0v) is 21.6. The molecule has 0 saturated heterocycles. The minimum Gasteiger partial charge on any atom is -0.478 e. The SMILES string of the molecule is CCc1nc2c(C)cc(C)nc2n1CC1=CC2=CCN(C(=O)c3c(Cl)ccc(Cl)c3C(=O)O)C2C=C1. The van der Waals surface area contributed by atoms with E-state index in [0.717, 1.165) is 45.8 Å². The van der Waals surface area contributed by atoms with Gasteiger partial charge in [-0.1, -0.05) is 54.4 Å². The van der Waals surface area contributed by atoms with Crippen molar-refractivity contribution in [3.8, 4) is 0 Å². The molecule has 0 radical (unpaired) electrons. The molecule has 0 fully saturated rings. The van der Waals surface area contributed by atoms with Crippen molar-refractivity contribution in [1.82, 2.24) is 19.4 Å². The van der Waals surface area contributed by atoms with Crippen LogP contribution in [0.4, 0.5) is 0 Å².